The number of aryl methyl sites for hydroxylation is 1. The Labute approximate surface area is 78.8 Å². The van der Waals surface area contributed by atoms with Crippen molar-refractivity contribution in [3.63, 3.8) is 0 Å². The van der Waals surface area contributed by atoms with Crippen molar-refractivity contribution in [2.45, 2.75) is 19.8 Å². The van der Waals surface area contributed by atoms with Gasteiger partial charge in [0.15, 0.2) is 0 Å². The number of rotatable bonds is 3. The lowest BCUT2D eigenvalue weighted by Gasteiger charge is -2.02. The van der Waals surface area contributed by atoms with Gasteiger partial charge in [0.1, 0.15) is 5.78 Å². The first-order chi connectivity index (χ1) is 6.24. The monoisotopic (exact) mass is 172 g/mol. The summed E-state index contributed by atoms with van der Waals surface area (Å²) in [4.78, 5) is 11.2. The zero-order valence-electron chi connectivity index (χ0n) is 7.71. The molecule has 1 aromatic rings. The second-order valence-electron chi connectivity index (χ2n) is 3.02. The minimum Gasteiger partial charge on any atom is -0.298 e. The van der Waals surface area contributed by atoms with E-state index in [9.17, 15) is 4.79 Å². The van der Waals surface area contributed by atoms with E-state index in [-0.39, 0.29) is 12.2 Å². The molecule has 66 valence electrons. The van der Waals surface area contributed by atoms with Crippen molar-refractivity contribution in [2.24, 2.45) is 0 Å². The van der Waals surface area contributed by atoms with E-state index in [2.05, 4.69) is 5.92 Å². The fraction of sp³-hybridized carbons (Fsp3) is 0.250. The predicted molar refractivity (Wildman–Crippen MR) is 53.3 cm³/mol. The summed E-state index contributed by atoms with van der Waals surface area (Å²) in [6, 6.07) is 7.86. The Bertz CT molecular complexity index is 344. The van der Waals surface area contributed by atoms with Gasteiger partial charge in [-0.3, -0.25) is 4.79 Å². The Morgan fingerprint density at radius 1 is 1.46 bits per heavy atom. The van der Waals surface area contributed by atoms with Gasteiger partial charge in [-0.1, -0.05) is 30.2 Å². The van der Waals surface area contributed by atoms with Crippen LogP contribution in [0.2, 0.25) is 0 Å². The van der Waals surface area contributed by atoms with E-state index < -0.39 is 0 Å². The molecule has 0 fully saturated rings. The minimum absolute atomic E-state index is 0.108. The number of benzene rings is 1. The van der Waals surface area contributed by atoms with E-state index in [4.69, 9.17) is 6.42 Å². The van der Waals surface area contributed by atoms with Gasteiger partial charge in [0.2, 0.25) is 0 Å². The van der Waals surface area contributed by atoms with Crippen LogP contribution < -0.4 is 0 Å². The van der Waals surface area contributed by atoms with Crippen LogP contribution in [-0.2, 0) is 11.2 Å². The van der Waals surface area contributed by atoms with Gasteiger partial charge in [-0.2, -0.15) is 0 Å². The second kappa shape index (κ2) is 4.47. The highest BCUT2D eigenvalue weighted by Crippen LogP contribution is 2.08. The molecule has 0 aliphatic carbocycles. The second-order valence-corrected chi connectivity index (χ2v) is 3.02. The Hall–Kier alpha value is -1.55. The molecule has 0 heterocycles. The lowest BCUT2D eigenvalue weighted by Crippen LogP contribution is -2.02. The molecule has 0 aliphatic rings. The number of terminal acetylenes is 1. The summed E-state index contributed by atoms with van der Waals surface area (Å²) in [5.41, 5.74) is 2.22. The number of carbonyl (C=O) groups excluding carboxylic acids is 1. The highest BCUT2D eigenvalue weighted by Gasteiger charge is 2.03. The van der Waals surface area contributed by atoms with Crippen molar-refractivity contribution in [3.05, 3.63) is 35.4 Å². The van der Waals surface area contributed by atoms with Crippen LogP contribution in [0.4, 0.5) is 0 Å². The predicted octanol–water partition coefficient (Wildman–Crippen LogP) is 2.13. The summed E-state index contributed by atoms with van der Waals surface area (Å²) in [6.07, 6.45) is 5.74. The van der Waals surface area contributed by atoms with Crippen LogP contribution in [0.5, 0.6) is 0 Å². The number of ketones is 1. The maximum absolute atomic E-state index is 11.2. The lowest BCUT2D eigenvalue weighted by molar-refractivity contribution is -0.117. The molecule has 1 heteroatoms. The number of Topliss-reactive ketones (excluding diaryl/α,β-unsaturated/α-hetero) is 1. The Morgan fingerprint density at radius 3 is 2.77 bits per heavy atom. The molecule has 1 nitrogen and oxygen atoms in total. The minimum atomic E-state index is 0.108. The molecule has 0 N–H and O–H groups in total. The van der Waals surface area contributed by atoms with E-state index in [0.29, 0.717) is 6.42 Å². The molecule has 0 spiro atoms. The average Bonchev–Trinajstić information content (AvgIpc) is 2.09. The summed E-state index contributed by atoms with van der Waals surface area (Å²) in [6.45, 7) is 2.00. The molecule has 0 aromatic heterocycles. The topological polar surface area (TPSA) is 17.1 Å². The molecule has 13 heavy (non-hydrogen) atoms. The van der Waals surface area contributed by atoms with Crippen LogP contribution in [0.15, 0.2) is 24.3 Å². The lowest BCUT2D eigenvalue weighted by atomic mass is 10.0. The van der Waals surface area contributed by atoms with Crippen molar-refractivity contribution in [1.82, 2.24) is 0 Å². The van der Waals surface area contributed by atoms with Gasteiger partial charge in [0.25, 0.3) is 0 Å². The molecule has 0 saturated carbocycles. The van der Waals surface area contributed by atoms with Gasteiger partial charge >= 0.3 is 0 Å². The highest BCUT2D eigenvalue weighted by molar-refractivity contribution is 5.83. The zero-order valence-corrected chi connectivity index (χ0v) is 7.71. The number of carbonyl (C=O) groups is 1. The van der Waals surface area contributed by atoms with Gasteiger partial charge in [-0.15, -0.1) is 6.42 Å². The molecule has 0 atom stereocenters. The van der Waals surface area contributed by atoms with Crippen LogP contribution in [-0.4, -0.2) is 5.78 Å². The van der Waals surface area contributed by atoms with Crippen LogP contribution in [0, 0.1) is 19.3 Å². The molecule has 0 saturated heterocycles. The third-order valence-electron chi connectivity index (χ3n) is 1.95. The SMILES string of the molecule is C#CCC(=O)Cc1ccccc1C. The quantitative estimate of drug-likeness (QED) is 0.638. The molecule has 0 radical (unpaired) electrons. The summed E-state index contributed by atoms with van der Waals surface area (Å²) < 4.78 is 0. The van der Waals surface area contributed by atoms with Crippen molar-refractivity contribution in [3.8, 4) is 12.3 Å². The Kier molecular flexibility index (Phi) is 3.28. The zero-order chi connectivity index (χ0) is 9.68. The van der Waals surface area contributed by atoms with Gasteiger partial charge in [0, 0.05) is 6.42 Å². The van der Waals surface area contributed by atoms with Crippen LogP contribution in [0.25, 0.3) is 0 Å². The fourth-order valence-corrected chi connectivity index (χ4v) is 1.20. The van der Waals surface area contributed by atoms with Crippen LogP contribution in [0.3, 0.4) is 0 Å². The highest BCUT2D eigenvalue weighted by atomic mass is 16.1. The van der Waals surface area contributed by atoms with E-state index in [1.54, 1.807) is 0 Å². The van der Waals surface area contributed by atoms with Crippen molar-refractivity contribution in [1.29, 1.82) is 0 Å². The first-order valence-corrected chi connectivity index (χ1v) is 4.23. The van der Waals surface area contributed by atoms with Crippen molar-refractivity contribution < 1.29 is 4.79 Å². The molecule has 0 amide bonds. The summed E-state index contributed by atoms with van der Waals surface area (Å²) in [5.74, 6) is 2.47. The average molecular weight is 172 g/mol. The maximum Gasteiger partial charge on any atom is 0.149 e. The van der Waals surface area contributed by atoms with Gasteiger partial charge in [0.05, 0.1) is 6.42 Å². The molecule has 0 aliphatic heterocycles. The van der Waals surface area contributed by atoms with E-state index in [1.165, 1.54) is 0 Å². The van der Waals surface area contributed by atoms with Gasteiger partial charge < -0.3 is 0 Å². The first kappa shape index (κ1) is 9.54. The molecular weight excluding hydrogens is 160 g/mol. The Balaban J connectivity index is 2.70. The number of hydrogen-bond donors (Lipinski definition) is 0. The summed E-state index contributed by atoms with van der Waals surface area (Å²) >= 11 is 0. The fourth-order valence-electron chi connectivity index (χ4n) is 1.20. The molecule has 1 aromatic carbocycles. The summed E-state index contributed by atoms with van der Waals surface area (Å²) in [5, 5.41) is 0. The number of hydrogen-bond acceptors (Lipinski definition) is 1. The third-order valence-corrected chi connectivity index (χ3v) is 1.95. The van der Waals surface area contributed by atoms with E-state index in [1.807, 2.05) is 31.2 Å². The van der Waals surface area contributed by atoms with E-state index in [0.717, 1.165) is 11.1 Å². The van der Waals surface area contributed by atoms with Gasteiger partial charge in [-0.25, -0.2) is 0 Å². The van der Waals surface area contributed by atoms with E-state index >= 15 is 0 Å². The third kappa shape index (κ3) is 2.76. The normalized spacial score (nSPS) is 9.23. The molecular formula is C12H12O. The van der Waals surface area contributed by atoms with Crippen LogP contribution >= 0.6 is 0 Å². The largest absolute Gasteiger partial charge is 0.298 e. The first-order valence-electron chi connectivity index (χ1n) is 4.23. The maximum atomic E-state index is 11.2. The van der Waals surface area contributed by atoms with Crippen LogP contribution in [0.1, 0.15) is 17.5 Å². The smallest absolute Gasteiger partial charge is 0.149 e. The molecule has 0 unspecified atom stereocenters. The molecule has 1 rings (SSSR count). The summed E-state index contributed by atoms with van der Waals surface area (Å²) in [7, 11) is 0. The van der Waals surface area contributed by atoms with Crippen molar-refractivity contribution >= 4 is 5.78 Å². The standard InChI is InChI=1S/C12H12O/c1-3-6-12(13)9-11-8-5-4-7-10(11)2/h1,4-5,7-8H,6,9H2,2H3. The Morgan fingerprint density at radius 2 is 2.15 bits per heavy atom. The van der Waals surface area contributed by atoms with Crippen molar-refractivity contribution in [2.75, 3.05) is 0 Å². The van der Waals surface area contributed by atoms with Gasteiger partial charge in [-0.05, 0) is 18.1 Å². The molecule has 0 bridgehead atoms.